The largest absolute Gasteiger partial charge is 0.508 e. The molecule has 0 aliphatic carbocycles. The first-order chi connectivity index (χ1) is 8.58. The van der Waals surface area contributed by atoms with Gasteiger partial charge in [-0.2, -0.15) is 5.10 Å². The van der Waals surface area contributed by atoms with Crippen LogP contribution in [-0.2, 0) is 4.79 Å². The first kappa shape index (κ1) is 12.4. The molecule has 2 N–H and O–H groups in total. The molecule has 1 aromatic heterocycles. The van der Waals surface area contributed by atoms with Gasteiger partial charge in [0, 0.05) is 6.07 Å². The third-order valence-electron chi connectivity index (χ3n) is 2.42. The van der Waals surface area contributed by atoms with Crippen molar-refractivity contribution < 1.29 is 9.90 Å². The highest BCUT2D eigenvalue weighted by Crippen LogP contribution is 2.26. The minimum atomic E-state index is -0.502. The van der Waals surface area contributed by atoms with Gasteiger partial charge < -0.3 is 10.4 Å². The topological polar surface area (TPSA) is 80.0 Å². The number of aromatic nitrogens is 3. The highest BCUT2D eigenvalue weighted by Gasteiger charge is 2.16. The molecule has 6 nitrogen and oxygen atoms in total. The monoisotopic (exact) mass is 266 g/mol. The summed E-state index contributed by atoms with van der Waals surface area (Å²) < 4.78 is 1.43. The number of nitrogens with zero attached hydrogens (tertiary/aromatic N) is 3. The second-order valence-electron chi connectivity index (χ2n) is 3.70. The molecule has 1 amide bonds. The van der Waals surface area contributed by atoms with Crippen LogP contribution in [0, 0.1) is 0 Å². The molecule has 1 aromatic carbocycles. The normalized spacial score (nSPS) is 12.1. The zero-order valence-corrected chi connectivity index (χ0v) is 10.3. The number of aromatic hydroxyl groups is 1. The van der Waals surface area contributed by atoms with E-state index in [1.54, 1.807) is 6.92 Å². The summed E-state index contributed by atoms with van der Waals surface area (Å²) in [4.78, 5) is 15.7. The van der Waals surface area contributed by atoms with Gasteiger partial charge in [-0.15, -0.1) is 0 Å². The molecule has 1 heterocycles. The van der Waals surface area contributed by atoms with E-state index in [-0.39, 0.29) is 16.7 Å². The van der Waals surface area contributed by atoms with Crippen molar-refractivity contribution in [1.82, 2.24) is 14.8 Å². The van der Waals surface area contributed by atoms with Crippen molar-refractivity contribution in [2.24, 2.45) is 0 Å². The van der Waals surface area contributed by atoms with Crippen LogP contribution in [-0.4, -0.2) is 25.8 Å². The maximum atomic E-state index is 11.9. The van der Waals surface area contributed by atoms with Gasteiger partial charge in [0.2, 0.25) is 5.91 Å². The molecule has 0 saturated heterocycles. The third-order valence-corrected chi connectivity index (χ3v) is 2.74. The molecule has 7 heteroatoms. The standard InChI is InChI=1S/C11H11ClN4O2/c1-7(16-6-13-5-14-16)11(18)15-10-3-2-8(17)4-9(10)12/h2-7,17H,1H3,(H,15,18). The zero-order chi connectivity index (χ0) is 13.1. The molecule has 1 unspecified atom stereocenters. The SMILES string of the molecule is CC(C(=O)Nc1ccc(O)cc1Cl)n1cncn1. The maximum absolute atomic E-state index is 11.9. The number of hydrogen-bond donors (Lipinski definition) is 2. The fourth-order valence-electron chi connectivity index (χ4n) is 1.38. The summed E-state index contributed by atoms with van der Waals surface area (Å²) in [6.07, 6.45) is 2.82. The number of phenolic OH excluding ortho intramolecular Hbond substituents is 1. The van der Waals surface area contributed by atoms with Crippen molar-refractivity contribution >= 4 is 23.2 Å². The lowest BCUT2D eigenvalue weighted by Crippen LogP contribution is -2.24. The summed E-state index contributed by atoms with van der Waals surface area (Å²) in [5.74, 6) is -0.226. The molecular weight excluding hydrogens is 256 g/mol. The second-order valence-corrected chi connectivity index (χ2v) is 4.11. The van der Waals surface area contributed by atoms with Crippen molar-refractivity contribution in [3.63, 3.8) is 0 Å². The number of phenols is 1. The number of benzene rings is 1. The smallest absolute Gasteiger partial charge is 0.249 e. The molecule has 0 saturated carbocycles. The Hall–Kier alpha value is -2.08. The van der Waals surface area contributed by atoms with Crippen LogP contribution < -0.4 is 5.32 Å². The molecule has 2 rings (SSSR count). The number of carbonyl (C=O) groups excluding carboxylic acids is 1. The van der Waals surface area contributed by atoms with Crippen LogP contribution in [0.15, 0.2) is 30.9 Å². The van der Waals surface area contributed by atoms with Crippen molar-refractivity contribution in [3.05, 3.63) is 35.9 Å². The predicted molar refractivity (Wildman–Crippen MR) is 66.5 cm³/mol. The first-order valence-electron chi connectivity index (χ1n) is 5.21. The Morgan fingerprint density at radius 2 is 2.33 bits per heavy atom. The van der Waals surface area contributed by atoms with E-state index in [0.717, 1.165) is 0 Å². The summed E-state index contributed by atoms with van der Waals surface area (Å²) in [5, 5.41) is 16.0. The minimum absolute atomic E-state index is 0.0438. The Bertz CT molecular complexity index is 556. The van der Waals surface area contributed by atoms with Gasteiger partial charge >= 0.3 is 0 Å². The number of carbonyl (C=O) groups is 1. The number of hydrogen-bond acceptors (Lipinski definition) is 4. The number of halogens is 1. The number of anilines is 1. The van der Waals surface area contributed by atoms with Crippen LogP contribution in [0.3, 0.4) is 0 Å². The van der Waals surface area contributed by atoms with Crippen LogP contribution in [0.5, 0.6) is 5.75 Å². The van der Waals surface area contributed by atoms with E-state index in [0.29, 0.717) is 5.69 Å². The fourth-order valence-corrected chi connectivity index (χ4v) is 1.60. The quantitative estimate of drug-likeness (QED) is 0.831. The fraction of sp³-hybridized carbons (Fsp3) is 0.182. The molecule has 0 fully saturated rings. The Morgan fingerprint density at radius 1 is 1.56 bits per heavy atom. The maximum Gasteiger partial charge on any atom is 0.249 e. The van der Waals surface area contributed by atoms with Gasteiger partial charge in [-0.25, -0.2) is 9.67 Å². The second kappa shape index (κ2) is 5.05. The Balaban J connectivity index is 2.12. The average molecular weight is 267 g/mol. The van der Waals surface area contributed by atoms with Crippen molar-refractivity contribution in [2.45, 2.75) is 13.0 Å². The van der Waals surface area contributed by atoms with Gasteiger partial charge in [0.25, 0.3) is 0 Å². The van der Waals surface area contributed by atoms with Crippen LogP contribution in [0.1, 0.15) is 13.0 Å². The van der Waals surface area contributed by atoms with Crippen LogP contribution in [0.25, 0.3) is 0 Å². The lowest BCUT2D eigenvalue weighted by atomic mass is 10.2. The molecule has 1 atom stereocenters. The van der Waals surface area contributed by atoms with Gasteiger partial charge in [-0.3, -0.25) is 4.79 Å². The lowest BCUT2D eigenvalue weighted by molar-refractivity contribution is -0.119. The van der Waals surface area contributed by atoms with E-state index in [2.05, 4.69) is 15.4 Å². The molecule has 0 spiro atoms. The van der Waals surface area contributed by atoms with E-state index < -0.39 is 6.04 Å². The van der Waals surface area contributed by atoms with Crippen LogP contribution in [0.4, 0.5) is 5.69 Å². The van der Waals surface area contributed by atoms with Crippen molar-refractivity contribution in [2.75, 3.05) is 5.32 Å². The Labute approximate surface area is 108 Å². The van der Waals surface area contributed by atoms with Crippen molar-refractivity contribution in [1.29, 1.82) is 0 Å². The van der Waals surface area contributed by atoms with Crippen LogP contribution in [0.2, 0.25) is 5.02 Å². The van der Waals surface area contributed by atoms with Gasteiger partial charge in [0.15, 0.2) is 0 Å². The minimum Gasteiger partial charge on any atom is -0.508 e. The van der Waals surface area contributed by atoms with E-state index in [4.69, 9.17) is 11.6 Å². The molecule has 18 heavy (non-hydrogen) atoms. The Morgan fingerprint density at radius 3 is 2.94 bits per heavy atom. The molecule has 0 bridgehead atoms. The van der Waals surface area contributed by atoms with E-state index in [1.807, 2.05) is 0 Å². The number of amides is 1. The Kier molecular flexibility index (Phi) is 3.47. The highest BCUT2D eigenvalue weighted by atomic mass is 35.5. The first-order valence-corrected chi connectivity index (χ1v) is 5.59. The van der Waals surface area contributed by atoms with E-state index in [1.165, 1.54) is 35.5 Å². The predicted octanol–water partition coefficient (Wildman–Crippen LogP) is 1.84. The van der Waals surface area contributed by atoms with Gasteiger partial charge in [-0.05, 0) is 19.1 Å². The van der Waals surface area contributed by atoms with E-state index >= 15 is 0 Å². The summed E-state index contributed by atoms with van der Waals surface area (Å²) in [6.45, 7) is 1.69. The van der Waals surface area contributed by atoms with Gasteiger partial charge in [-0.1, -0.05) is 11.6 Å². The molecule has 0 aliphatic heterocycles. The van der Waals surface area contributed by atoms with Crippen LogP contribution >= 0.6 is 11.6 Å². The molecule has 0 radical (unpaired) electrons. The number of nitrogens with one attached hydrogen (secondary N) is 1. The zero-order valence-electron chi connectivity index (χ0n) is 9.54. The summed E-state index contributed by atoms with van der Waals surface area (Å²) >= 11 is 5.89. The molecular formula is C11H11ClN4O2. The van der Waals surface area contributed by atoms with E-state index in [9.17, 15) is 9.90 Å². The van der Waals surface area contributed by atoms with Crippen molar-refractivity contribution in [3.8, 4) is 5.75 Å². The number of rotatable bonds is 3. The molecule has 0 aliphatic rings. The highest BCUT2D eigenvalue weighted by molar-refractivity contribution is 6.33. The molecule has 2 aromatic rings. The summed E-state index contributed by atoms with van der Waals surface area (Å²) in [6, 6.07) is 3.83. The molecule has 94 valence electrons. The third kappa shape index (κ3) is 2.60. The van der Waals surface area contributed by atoms with Gasteiger partial charge in [0.05, 0.1) is 10.7 Å². The summed E-state index contributed by atoms with van der Waals surface area (Å²) in [7, 11) is 0. The van der Waals surface area contributed by atoms with Gasteiger partial charge in [0.1, 0.15) is 24.4 Å². The average Bonchev–Trinajstić information content (AvgIpc) is 2.85. The summed E-state index contributed by atoms with van der Waals surface area (Å²) in [5.41, 5.74) is 0.437. The lowest BCUT2D eigenvalue weighted by Gasteiger charge is -2.13.